The minimum absolute atomic E-state index is 0.273. The van der Waals surface area contributed by atoms with Crippen molar-refractivity contribution in [3.05, 3.63) is 57.3 Å². The number of hydrogen-bond donors (Lipinski definition) is 0. The molecule has 0 heterocycles. The van der Waals surface area contributed by atoms with Crippen LogP contribution in [0.25, 0.3) is 0 Å². The Bertz CT molecular complexity index is 661. The normalized spacial score (nSPS) is 12.1. The van der Waals surface area contributed by atoms with Gasteiger partial charge in [-0.15, -0.1) is 11.6 Å². The van der Waals surface area contributed by atoms with Crippen LogP contribution < -0.4 is 9.47 Å². The van der Waals surface area contributed by atoms with Gasteiger partial charge in [0.15, 0.2) is 0 Å². The predicted molar refractivity (Wildman–Crippen MR) is 86.1 cm³/mol. The highest BCUT2D eigenvalue weighted by Gasteiger charge is 2.20. The van der Waals surface area contributed by atoms with Crippen molar-refractivity contribution in [2.24, 2.45) is 0 Å². The molecule has 5 heteroatoms. The largest absolute Gasteiger partial charge is 0.495 e. The van der Waals surface area contributed by atoms with Crippen molar-refractivity contribution in [3.8, 4) is 11.5 Å². The smallest absolute Gasteiger partial charge is 0.141 e. The molecular formula is C16H15BrClFO2. The third kappa shape index (κ3) is 3.16. The van der Waals surface area contributed by atoms with E-state index in [-0.39, 0.29) is 5.82 Å². The van der Waals surface area contributed by atoms with Crippen LogP contribution in [0.4, 0.5) is 4.39 Å². The number of rotatable bonds is 4. The lowest BCUT2D eigenvalue weighted by Gasteiger charge is -2.17. The van der Waals surface area contributed by atoms with Gasteiger partial charge in [0.1, 0.15) is 21.8 Å². The van der Waals surface area contributed by atoms with Gasteiger partial charge in [0.2, 0.25) is 0 Å². The highest BCUT2D eigenvalue weighted by atomic mass is 79.9. The third-order valence-corrected chi connectivity index (χ3v) is 4.52. The minimum atomic E-state index is -0.516. The molecular weight excluding hydrogens is 359 g/mol. The fraction of sp³-hybridized carbons (Fsp3) is 0.250. The molecule has 21 heavy (non-hydrogen) atoms. The molecule has 1 unspecified atom stereocenters. The van der Waals surface area contributed by atoms with Gasteiger partial charge in [-0.05, 0) is 52.2 Å². The zero-order valence-corrected chi connectivity index (χ0v) is 14.3. The van der Waals surface area contributed by atoms with Gasteiger partial charge in [0.25, 0.3) is 0 Å². The van der Waals surface area contributed by atoms with Gasteiger partial charge in [0, 0.05) is 5.56 Å². The summed E-state index contributed by atoms with van der Waals surface area (Å²) in [4.78, 5) is 0. The molecule has 0 aliphatic heterocycles. The molecule has 0 aliphatic rings. The second-order valence-corrected chi connectivity index (χ2v) is 5.80. The van der Waals surface area contributed by atoms with Crippen molar-refractivity contribution in [2.75, 3.05) is 14.2 Å². The number of benzene rings is 2. The van der Waals surface area contributed by atoms with Crippen LogP contribution in [0.2, 0.25) is 0 Å². The summed E-state index contributed by atoms with van der Waals surface area (Å²) in [6.07, 6.45) is 0. The number of aryl methyl sites for hydroxylation is 1. The zero-order valence-electron chi connectivity index (χ0n) is 11.9. The van der Waals surface area contributed by atoms with E-state index in [4.69, 9.17) is 21.1 Å². The van der Waals surface area contributed by atoms with E-state index in [0.29, 0.717) is 27.1 Å². The Kier molecular flexibility index (Phi) is 5.12. The summed E-state index contributed by atoms with van der Waals surface area (Å²) >= 11 is 9.94. The van der Waals surface area contributed by atoms with Crippen molar-refractivity contribution in [1.82, 2.24) is 0 Å². The molecule has 0 fully saturated rings. The van der Waals surface area contributed by atoms with E-state index < -0.39 is 5.38 Å². The van der Waals surface area contributed by atoms with E-state index >= 15 is 0 Å². The summed E-state index contributed by atoms with van der Waals surface area (Å²) in [6.45, 7) is 1.72. The Morgan fingerprint density at radius 3 is 2.43 bits per heavy atom. The minimum Gasteiger partial charge on any atom is -0.495 e. The van der Waals surface area contributed by atoms with Crippen LogP contribution in [0.3, 0.4) is 0 Å². The highest BCUT2D eigenvalue weighted by Crippen LogP contribution is 2.43. The standard InChI is InChI=1S/C16H15BrClFO2/c1-9-4-5-10(8-12(9)19)15(18)11-6-7-13(20-2)14(17)16(11)21-3/h4-8,15H,1-3H3. The summed E-state index contributed by atoms with van der Waals surface area (Å²) in [5.74, 6) is 0.953. The summed E-state index contributed by atoms with van der Waals surface area (Å²) in [7, 11) is 3.13. The Balaban J connectivity index is 2.50. The maximum absolute atomic E-state index is 13.7. The predicted octanol–water partition coefficient (Wildman–Crippen LogP) is 5.24. The highest BCUT2D eigenvalue weighted by molar-refractivity contribution is 9.10. The van der Waals surface area contributed by atoms with Crippen LogP contribution in [-0.4, -0.2) is 14.2 Å². The molecule has 1 atom stereocenters. The number of alkyl halides is 1. The summed E-state index contributed by atoms with van der Waals surface area (Å²) < 4.78 is 25.0. The van der Waals surface area contributed by atoms with E-state index in [1.54, 1.807) is 33.3 Å². The summed E-state index contributed by atoms with van der Waals surface area (Å²) in [6, 6.07) is 8.59. The molecule has 0 aliphatic carbocycles. The Hall–Kier alpha value is -1.26. The van der Waals surface area contributed by atoms with Gasteiger partial charge in [-0.2, -0.15) is 0 Å². The molecule has 2 aromatic carbocycles. The average molecular weight is 374 g/mol. The fourth-order valence-corrected chi connectivity index (χ4v) is 3.06. The molecule has 0 amide bonds. The number of methoxy groups -OCH3 is 2. The third-order valence-electron chi connectivity index (χ3n) is 3.28. The molecule has 0 saturated heterocycles. The SMILES string of the molecule is COc1ccc(C(Cl)c2ccc(C)c(F)c2)c(OC)c1Br. The quantitative estimate of drug-likeness (QED) is 0.682. The monoisotopic (exact) mass is 372 g/mol. The van der Waals surface area contributed by atoms with Gasteiger partial charge in [0.05, 0.1) is 19.6 Å². The van der Waals surface area contributed by atoms with E-state index in [1.807, 2.05) is 12.1 Å². The molecule has 0 spiro atoms. The molecule has 2 nitrogen and oxygen atoms in total. The lowest BCUT2D eigenvalue weighted by Crippen LogP contribution is -2.00. The molecule has 2 rings (SSSR count). The molecule has 2 aromatic rings. The van der Waals surface area contributed by atoms with Crippen LogP contribution in [0, 0.1) is 12.7 Å². The maximum Gasteiger partial charge on any atom is 0.141 e. The average Bonchev–Trinajstić information content (AvgIpc) is 2.49. The van der Waals surface area contributed by atoms with Gasteiger partial charge < -0.3 is 9.47 Å². The topological polar surface area (TPSA) is 18.5 Å². The van der Waals surface area contributed by atoms with E-state index in [1.165, 1.54) is 6.07 Å². The molecule has 0 aromatic heterocycles. The van der Waals surface area contributed by atoms with E-state index in [2.05, 4.69) is 15.9 Å². The summed E-state index contributed by atoms with van der Waals surface area (Å²) in [5, 5.41) is -0.516. The Labute approximate surface area is 137 Å². The molecule has 0 radical (unpaired) electrons. The van der Waals surface area contributed by atoms with Crippen LogP contribution in [-0.2, 0) is 0 Å². The fourth-order valence-electron chi connectivity index (χ4n) is 2.06. The van der Waals surface area contributed by atoms with Gasteiger partial charge in [-0.25, -0.2) is 4.39 Å². The van der Waals surface area contributed by atoms with E-state index in [0.717, 1.165) is 5.56 Å². The first-order valence-corrected chi connectivity index (χ1v) is 7.53. The van der Waals surface area contributed by atoms with Crippen LogP contribution in [0.5, 0.6) is 11.5 Å². The van der Waals surface area contributed by atoms with Crippen molar-refractivity contribution >= 4 is 27.5 Å². The molecule has 0 bridgehead atoms. The maximum atomic E-state index is 13.7. The van der Waals surface area contributed by atoms with Crippen LogP contribution in [0.15, 0.2) is 34.8 Å². The molecule has 112 valence electrons. The first-order valence-electron chi connectivity index (χ1n) is 6.30. The van der Waals surface area contributed by atoms with Crippen molar-refractivity contribution in [3.63, 3.8) is 0 Å². The second kappa shape index (κ2) is 6.67. The van der Waals surface area contributed by atoms with Crippen LogP contribution >= 0.6 is 27.5 Å². The second-order valence-electron chi connectivity index (χ2n) is 4.58. The van der Waals surface area contributed by atoms with E-state index in [9.17, 15) is 4.39 Å². The lowest BCUT2D eigenvalue weighted by molar-refractivity contribution is 0.386. The van der Waals surface area contributed by atoms with Gasteiger partial charge in [-0.3, -0.25) is 0 Å². The van der Waals surface area contributed by atoms with Crippen molar-refractivity contribution in [1.29, 1.82) is 0 Å². The lowest BCUT2D eigenvalue weighted by atomic mass is 10.0. The van der Waals surface area contributed by atoms with Crippen molar-refractivity contribution in [2.45, 2.75) is 12.3 Å². The molecule has 0 N–H and O–H groups in total. The number of ether oxygens (including phenoxy) is 2. The van der Waals surface area contributed by atoms with Crippen LogP contribution in [0.1, 0.15) is 22.1 Å². The number of hydrogen-bond acceptors (Lipinski definition) is 2. The first kappa shape index (κ1) is 16.1. The van der Waals surface area contributed by atoms with Crippen molar-refractivity contribution < 1.29 is 13.9 Å². The molecule has 0 saturated carbocycles. The van der Waals surface area contributed by atoms with Gasteiger partial charge in [-0.1, -0.05) is 12.1 Å². The zero-order chi connectivity index (χ0) is 15.6. The first-order chi connectivity index (χ1) is 9.99. The van der Waals surface area contributed by atoms with Gasteiger partial charge >= 0.3 is 0 Å². The summed E-state index contributed by atoms with van der Waals surface area (Å²) in [5.41, 5.74) is 2.01. The number of halogens is 3. The Morgan fingerprint density at radius 1 is 1.14 bits per heavy atom. The Morgan fingerprint density at radius 2 is 1.86 bits per heavy atom.